The second-order valence-corrected chi connectivity index (χ2v) is 6.55. The lowest BCUT2D eigenvalue weighted by atomic mass is 9.87. The maximum absolute atomic E-state index is 12.4. The van der Waals surface area contributed by atoms with E-state index < -0.39 is 0 Å². The summed E-state index contributed by atoms with van der Waals surface area (Å²) in [5.74, 6) is 1.46. The van der Waals surface area contributed by atoms with E-state index in [4.69, 9.17) is 4.74 Å². The molecule has 1 aliphatic rings. The highest BCUT2D eigenvalue weighted by molar-refractivity contribution is 5.84. The molecule has 0 saturated heterocycles. The van der Waals surface area contributed by atoms with Crippen LogP contribution in [0.25, 0.3) is 0 Å². The molecular formula is C20H26O2. The Labute approximate surface area is 133 Å². The Balaban J connectivity index is 2.39. The van der Waals surface area contributed by atoms with Gasteiger partial charge in [0.2, 0.25) is 0 Å². The van der Waals surface area contributed by atoms with Crippen LogP contribution in [0.15, 0.2) is 46.6 Å². The van der Waals surface area contributed by atoms with Crippen LogP contribution in [-0.2, 0) is 4.79 Å². The molecule has 1 saturated carbocycles. The summed E-state index contributed by atoms with van der Waals surface area (Å²) >= 11 is 0. The van der Waals surface area contributed by atoms with E-state index >= 15 is 0 Å². The van der Waals surface area contributed by atoms with E-state index in [1.807, 2.05) is 12.1 Å². The molecule has 0 aromatic heterocycles. The van der Waals surface area contributed by atoms with Gasteiger partial charge in [0.1, 0.15) is 11.5 Å². The summed E-state index contributed by atoms with van der Waals surface area (Å²) in [5, 5.41) is 0. The molecule has 1 aromatic carbocycles. The van der Waals surface area contributed by atoms with Gasteiger partial charge in [0.05, 0.1) is 7.11 Å². The van der Waals surface area contributed by atoms with Crippen molar-refractivity contribution in [3.05, 3.63) is 52.1 Å². The number of ether oxygens (including phenoxy) is 1. The van der Waals surface area contributed by atoms with Crippen molar-refractivity contribution in [3.63, 3.8) is 0 Å². The standard InChI is InChI=1S/C20H26O2/c1-13(2)19-11-16(10-17(21)12-20(19)14(3)4)15-6-8-18(22-5)9-7-15/h6-9,16H,10-12H2,1-5H3/t16-/m0/s1. The number of carbonyl (C=O) groups is 1. The van der Waals surface area contributed by atoms with Gasteiger partial charge >= 0.3 is 0 Å². The lowest BCUT2D eigenvalue weighted by Crippen LogP contribution is -2.04. The highest BCUT2D eigenvalue weighted by atomic mass is 16.5. The summed E-state index contributed by atoms with van der Waals surface area (Å²) < 4.78 is 5.23. The van der Waals surface area contributed by atoms with Crippen molar-refractivity contribution in [1.82, 2.24) is 0 Å². The Morgan fingerprint density at radius 2 is 1.55 bits per heavy atom. The minimum Gasteiger partial charge on any atom is -0.497 e. The SMILES string of the molecule is COc1ccc([C@H]2CC(=O)CC(=C(C)C)C(=C(C)C)C2)cc1. The number of hydrogen-bond donors (Lipinski definition) is 0. The Morgan fingerprint density at radius 3 is 2.05 bits per heavy atom. The van der Waals surface area contributed by atoms with Gasteiger partial charge in [0.15, 0.2) is 0 Å². The van der Waals surface area contributed by atoms with Crippen molar-refractivity contribution in [3.8, 4) is 5.75 Å². The van der Waals surface area contributed by atoms with Gasteiger partial charge in [-0.3, -0.25) is 4.79 Å². The molecule has 1 atom stereocenters. The van der Waals surface area contributed by atoms with Crippen LogP contribution in [0.3, 0.4) is 0 Å². The molecule has 118 valence electrons. The summed E-state index contributed by atoms with van der Waals surface area (Å²) in [6, 6.07) is 8.14. The smallest absolute Gasteiger partial charge is 0.137 e. The largest absolute Gasteiger partial charge is 0.497 e. The highest BCUT2D eigenvalue weighted by Gasteiger charge is 2.26. The van der Waals surface area contributed by atoms with E-state index in [9.17, 15) is 4.79 Å². The van der Waals surface area contributed by atoms with Crippen LogP contribution in [0.5, 0.6) is 5.75 Å². The van der Waals surface area contributed by atoms with Crippen LogP contribution < -0.4 is 4.74 Å². The summed E-state index contributed by atoms with van der Waals surface area (Å²) in [6.07, 6.45) is 2.15. The molecule has 0 heterocycles. The van der Waals surface area contributed by atoms with Crippen LogP contribution in [0.1, 0.15) is 58.4 Å². The first-order valence-electron chi connectivity index (χ1n) is 7.91. The summed E-state index contributed by atoms with van der Waals surface area (Å²) in [6.45, 7) is 8.52. The lowest BCUT2D eigenvalue weighted by molar-refractivity contribution is -0.118. The molecule has 0 aliphatic heterocycles. The van der Waals surface area contributed by atoms with Crippen molar-refractivity contribution in [2.75, 3.05) is 7.11 Å². The van der Waals surface area contributed by atoms with Gasteiger partial charge in [0, 0.05) is 12.8 Å². The van der Waals surface area contributed by atoms with E-state index in [0.717, 1.165) is 12.2 Å². The number of ketones is 1. The van der Waals surface area contributed by atoms with Crippen LogP contribution in [-0.4, -0.2) is 12.9 Å². The van der Waals surface area contributed by atoms with Crippen LogP contribution in [0.4, 0.5) is 0 Å². The topological polar surface area (TPSA) is 26.3 Å². The monoisotopic (exact) mass is 298 g/mol. The van der Waals surface area contributed by atoms with Gasteiger partial charge in [-0.1, -0.05) is 23.3 Å². The van der Waals surface area contributed by atoms with E-state index in [2.05, 4.69) is 39.8 Å². The fraction of sp³-hybridized carbons (Fsp3) is 0.450. The molecular weight excluding hydrogens is 272 g/mol. The number of carbonyl (C=O) groups excluding carboxylic acids is 1. The molecule has 2 heteroatoms. The zero-order valence-electron chi connectivity index (χ0n) is 14.3. The van der Waals surface area contributed by atoms with Gasteiger partial charge in [-0.25, -0.2) is 0 Å². The van der Waals surface area contributed by atoms with Crippen molar-refractivity contribution in [1.29, 1.82) is 0 Å². The molecule has 1 aromatic rings. The first-order valence-corrected chi connectivity index (χ1v) is 7.91. The van der Waals surface area contributed by atoms with Gasteiger partial charge < -0.3 is 4.74 Å². The number of hydrogen-bond acceptors (Lipinski definition) is 2. The molecule has 0 unspecified atom stereocenters. The molecule has 0 N–H and O–H groups in total. The van der Waals surface area contributed by atoms with Crippen molar-refractivity contribution < 1.29 is 9.53 Å². The molecule has 0 spiro atoms. The second kappa shape index (κ2) is 6.95. The summed E-state index contributed by atoms with van der Waals surface area (Å²) in [7, 11) is 1.67. The first-order chi connectivity index (χ1) is 10.4. The van der Waals surface area contributed by atoms with E-state index in [1.165, 1.54) is 27.9 Å². The van der Waals surface area contributed by atoms with Crippen LogP contribution >= 0.6 is 0 Å². The van der Waals surface area contributed by atoms with E-state index in [1.54, 1.807) is 7.11 Å². The van der Waals surface area contributed by atoms with Crippen molar-refractivity contribution in [2.45, 2.75) is 52.9 Å². The average molecular weight is 298 g/mol. The molecule has 2 nitrogen and oxygen atoms in total. The lowest BCUT2D eigenvalue weighted by Gasteiger charge is -2.18. The predicted molar refractivity (Wildman–Crippen MR) is 91.3 cm³/mol. The molecule has 0 radical (unpaired) electrons. The number of allylic oxidation sites excluding steroid dienone is 4. The van der Waals surface area contributed by atoms with Crippen molar-refractivity contribution >= 4 is 5.78 Å². The average Bonchev–Trinajstić information content (AvgIpc) is 2.66. The number of methoxy groups -OCH3 is 1. The maximum atomic E-state index is 12.4. The molecule has 0 bridgehead atoms. The highest BCUT2D eigenvalue weighted by Crippen LogP contribution is 2.38. The van der Waals surface area contributed by atoms with Crippen LogP contribution in [0.2, 0.25) is 0 Å². The van der Waals surface area contributed by atoms with Gasteiger partial charge in [-0.15, -0.1) is 0 Å². The van der Waals surface area contributed by atoms with E-state index in [0.29, 0.717) is 18.6 Å². The molecule has 1 aliphatic carbocycles. The number of Topliss-reactive ketones (excluding diaryl/α,β-unsaturated/α-hetero) is 1. The molecule has 1 fully saturated rings. The number of benzene rings is 1. The summed E-state index contributed by atoms with van der Waals surface area (Å²) in [5.41, 5.74) is 6.43. The third kappa shape index (κ3) is 3.68. The quantitative estimate of drug-likeness (QED) is 0.701. The van der Waals surface area contributed by atoms with Crippen LogP contribution in [0, 0.1) is 0 Å². The zero-order valence-corrected chi connectivity index (χ0v) is 14.3. The Bertz CT molecular complexity index is 610. The molecule has 0 amide bonds. The normalized spacial score (nSPS) is 19.0. The Hall–Kier alpha value is -1.83. The third-order valence-corrected chi connectivity index (χ3v) is 4.46. The summed E-state index contributed by atoms with van der Waals surface area (Å²) in [4.78, 5) is 12.4. The minimum atomic E-state index is 0.264. The van der Waals surface area contributed by atoms with E-state index in [-0.39, 0.29) is 5.92 Å². The molecule has 2 rings (SSSR count). The zero-order chi connectivity index (χ0) is 16.3. The van der Waals surface area contributed by atoms with Crippen molar-refractivity contribution in [2.24, 2.45) is 0 Å². The minimum absolute atomic E-state index is 0.264. The van der Waals surface area contributed by atoms with Gasteiger partial charge in [0.25, 0.3) is 0 Å². The molecule has 22 heavy (non-hydrogen) atoms. The predicted octanol–water partition coefficient (Wildman–Crippen LogP) is 5.20. The Morgan fingerprint density at radius 1 is 0.955 bits per heavy atom. The maximum Gasteiger partial charge on any atom is 0.137 e. The number of rotatable bonds is 2. The van der Waals surface area contributed by atoms with Gasteiger partial charge in [-0.05, 0) is 68.9 Å². The first kappa shape index (κ1) is 16.5. The fourth-order valence-electron chi connectivity index (χ4n) is 3.19. The fourth-order valence-corrected chi connectivity index (χ4v) is 3.19. The third-order valence-electron chi connectivity index (χ3n) is 4.46. The van der Waals surface area contributed by atoms with Gasteiger partial charge in [-0.2, -0.15) is 0 Å². The Kier molecular flexibility index (Phi) is 5.23. The second-order valence-electron chi connectivity index (χ2n) is 6.55.